The molecule has 1 nitrogen and oxygen atoms in total. The van der Waals surface area contributed by atoms with Crippen LogP contribution in [0.1, 0.15) is 10.4 Å². The zero-order valence-electron chi connectivity index (χ0n) is 10.4. The van der Waals surface area contributed by atoms with Gasteiger partial charge in [0.05, 0.1) is 5.00 Å². The van der Waals surface area contributed by atoms with Crippen molar-refractivity contribution >= 4 is 27.1 Å². The minimum atomic E-state index is 0.887. The van der Waals surface area contributed by atoms with E-state index >= 15 is 0 Å². The number of anilines is 1. The van der Waals surface area contributed by atoms with Crippen LogP contribution in [0.3, 0.4) is 0 Å². The summed E-state index contributed by atoms with van der Waals surface area (Å²) in [5.41, 5.74) is 9.70. The Morgan fingerprint density at radius 3 is 2.61 bits per heavy atom. The number of hydrogen-bond donors (Lipinski definition) is 1. The number of rotatable bonds is 1. The summed E-state index contributed by atoms with van der Waals surface area (Å²) >= 11 is 1.66. The van der Waals surface area contributed by atoms with E-state index in [1.165, 1.54) is 21.2 Å². The first-order valence-corrected chi connectivity index (χ1v) is 6.75. The van der Waals surface area contributed by atoms with Crippen LogP contribution in [0.15, 0.2) is 36.4 Å². The highest BCUT2D eigenvalue weighted by Crippen LogP contribution is 2.40. The molecule has 3 rings (SSSR count). The lowest BCUT2D eigenvalue weighted by Gasteiger charge is -2.07. The van der Waals surface area contributed by atoms with Crippen molar-refractivity contribution in [2.75, 3.05) is 5.73 Å². The lowest BCUT2D eigenvalue weighted by Crippen LogP contribution is -1.88. The molecule has 1 aromatic heterocycles. The van der Waals surface area contributed by atoms with Crippen LogP contribution >= 0.6 is 11.3 Å². The van der Waals surface area contributed by atoms with Gasteiger partial charge in [-0.15, -0.1) is 11.3 Å². The number of nitrogens with two attached hydrogens (primary N) is 1. The maximum absolute atomic E-state index is 6.16. The second-order valence-electron chi connectivity index (χ2n) is 4.46. The maximum Gasteiger partial charge on any atom is 0.0942 e. The first kappa shape index (κ1) is 11.3. The van der Waals surface area contributed by atoms with Crippen molar-refractivity contribution in [3.05, 3.63) is 52.9 Å². The SMILES string of the molecule is Cc1sc(N)c(-c2[c]ccc3ccccc23)c1C. The van der Waals surface area contributed by atoms with Crippen molar-refractivity contribution in [3.63, 3.8) is 0 Å². The van der Waals surface area contributed by atoms with Crippen LogP contribution < -0.4 is 5.73 Å². The van der Waals surface area contributed by atoms with Crippen molar-refractivity contribution < 1.29 is 0 Å². The smallest absolute Gasteiger partial charge is 0.0942 e. The van der Waals surface area contributed by atoms with Crippen LogP contribution in [0, 0.1) is 19.9 Å². The van der Waals surface area contributed by atoms with E-state index in [1.54, 1.807) is 11.3 Å². The van der Waals surface area contributed by atoms with Crippen molar-refractivity contribution in [1.29, 1.82) is 0 Å². The maximum atomic E-state index is 6.16. The van der Waals surface area contributed by atoms with Gasteiger partial charge in [0.25, 0.3) is 0 Å². The fourth-order valence-electron chi connectivity index (χ4n) is 2.33. The molecule has 0 aliphatic carbocycles. The zero-order valence-corrected chi connectivity index (χ0v) is 11.3. The standard InChI is InChI=1S/C16H14NS/c1-10-11(2)18-16(17)15(10)14-9-5-7-12-6-3-4-8-13(12)14/h3-8H,17H2,1-2H3. The molecular formula is C16H14NS. The lowest BCUT2D eigenvalue weighted by molar-refractivity contribution is 1.44. The predicted octanol–water partition coefficient (Wildman–Crippen LogP) is 4.57. The van der Waals surface area contributed by atoms with E-state index in [0.29, 0.717) is 0 Å². The van der Waals surface area contributed by atoms with E-state index in [0.717, 1.165) is 16.1 Å². The fourth-order valence-corrected chi connectivity index (χ4v) is 3.28. The van der Waals surface area contributed by atoms with Gasteiger partial charge in [0, 0.05) is 16.0 Å². The number of thiophene rings is 1. The molecule has 0 saturated carbocycles. The number of benzene rings is 2. The zero-order chi connectivity index (χ0) is 12.7. The molecule has 0 bridgehead atoms. The Bertz CT molecular complexity index is 720. The third-order valence-electron chi connectivity index (χ3n) is 3.38. The number of fused-ring (bicyclic) bond motifs is 1. The van der Waals surface area contributed by atoms with Gasteiger partial charge in [-0.3, -0.25) is 0 Å². The Kier molecular flexibility index (Phi) is 2.60. The van der Waals surface area contributed by atoms with Crippen LogP contribution in [0.5, 0.6) is 0 Å². The van der Waals surface area contributed by atoms with Gasteiger partial charge in [0.1, 0.15) is 0 Å². The third-order valence-corrected chi connectivity index (χ3v) is 4.42. The van der Waals surface area contributed by atoms with Gasteiger partial charge in [-0.05, 0) is 36.2 Å². The minimum absolute atomic E-state index is 0.887. The average Bonchev–Trinajstić information content (AvgIpc) is 2.63. The number of nitrogen functional groups attached to an aromatic ring is 1. The van der Waals surface area contributed by atoms with E-state index < -0.39 is 0 Å². The van der Waals surface area contributed by atoms with Crippen molar-refractivity contribution in [3.8, 4) is 11.1 Å². The fraction of sp³-hybridized carbons (Fsp3) is 0.125. The van der Waals surface area contributed by atoms with Crippen molar-refractivity contribution in [2.45, 2.75) is 13.8 Å². The molecule has 18 heavy (non-hydrogen) atoms. The van der Waals surface area contributed by atoms with E-state index in [2.05, 4.69) is 50.2 Å². The first-order chi connectivity index (χ1) is 8.68. The molecule has 0 saturated heterocycles. The molecule has 3 aromatic rings. The highest BCUT2D eigenvalue weighted by atomic mass is 32.1. The van der Waals surface area contributed by atoms with E-state index in [9.17, 15) is 0 Å². The summed E-state index contributed by atoms with van der Waals surface area (Å²) in [5.74, 6) is 0. The quantitative estimate of drug-likeness (QED) is 0.674. The number of hydrogen-bond acceptors (Lipinski definition) is 2. The first-order valence-electron chi connectivity index (χ1n) is 5.93. The molecule has 0 fully saturated rings. The molecule has 0 aliphatic heterocycles. The van der Waals surface area contributed by atoms with E-state index in [4.69, 9.17) is 5.73 Å². The summed E-state index contributed by atoms with van der Waals surface area (Å²) in [4.78, 5) is 1.28. The second-order valence-corrected chi connectivity index (χ2v) is 5.72. The normalized spacial score (nSPS) is 11.0. The molecule has 2 aromatic carbocycles. The summed E-state index contributed by atoms with van der Waals surface area (Å²) < 4.78 is 0. The number of aryl methyl sites for hydroxylation is 1. The molecule has 89 valence electrons. The Labute approximate surface area is 111 Å². The van der Waals surface area contributed by atoms with Crippen LogP contribution in [-0.2, 0) is 0 Å². The third kappa shape index (κ3) is 1.61. The lowest BCUT2D eigenvalue weighted by atomic mass is 9.97. The highest BCUT2D eigenvalue weighted by Gasteiger charge is 2.14. The van der Waals surface area contributed by atoms with Crippen LogP contribution in [0.2, 0.25) is 0 Å². The molecule has 1 heterocycles. The highest BCUT2D eigenvalue weighted by molar-refractivity contribution is 7.16. The van der Waals surface area contributed by atoms with Crippen molar-refractivity contribution in [2.24, 2.45) is 0 Å². The monoisotopic (exact) mass is 252 g/mol. The topological polar surface area (TPSA) is 26.0 Å². The summed E-state index contributed by atoms with van der Waals surface area (Å²) in [6.45, 7) is 4.25. The van der Waals surface area contributed by atoms with Gasteiger partial charge >= 0.3 is 0 Å². The van der Waals surface area contributed by atoms with Gasteiger partial charge in [-0.2, -0.15) is 0 Å². The molecule has 0 atom stereocenters. The molecule has 2 heteroatoms. The van der Waals surface area contributed by atoms with Crippen LogP contribution in [0.4, 0.5) is 5.00 Å². The molecule has 0 spiro atoms. The summed E-state index contributed by atoms with van der Waals surface area (Å²) in [6.07, 6.45) is 0. The van der Waals surface area contributed by atoms with Gasteiger partial charge in [-0.1, -0.05) is 36.4 Å². The molecule has 0 unspecified atom stereocenters. The molecule has 0 aliphatic rings. The van der Waals surface area contributed by atoms with Crippen LogP contribution in [-0.4, -0.2) is 0 Å². The van der Waals surface area contributed by atoms with E-state index in [1.807, 2.05) is 6.07 Å². The molecule has 0 amide bonds. The molecular weight excluding hydrogens is 238 g/mol. The van der Waals surface area contributed by atoms with Gasteiger partial charge in [0.2, 0.25) is 0 Å². The van der Waals surface area contributed by atoms with Gasteiger partial charge in [-0.25, -0.2) is 0 Å². The summed E-state index contributed by atoms with van der Waals surface area (Å²) in [7, 11) is 0. The van der Waals surface area contributed by atoms with Crippen molar-refractivity contribution in [1.82, 2.24) is 0 Å². The van der Waals surface area contributed by atoms with Gasteiger partial charge in [0.15, 0.2) is 0 Å². The summed E-state index contributed by atoms with van der Waals surface area (Å²) in [5, 5.41) is 3.33. The molecule has 1 radical (unpaired) electrons. The predicted molar refractivity (Wildman–Crippen MR) is 80.0 cm³/mol. The van der Waals surface area contributed by atoms with Gasteiger partial charge < -0.3 is 5.73 Å². The van der Waals surface area contributed by atoms with Crippen LogP contribution in [0.25, 0.3) is 21.9 Å². The second kappa shape index (κ2) is 4.14. The van der Waals surface area contributed by atoms with E-state index in [-0.39, 0.29) is 0 Å². The Morgan fingerprint density at radius 1 is 1.11 bits per heavy atom. The largest absolute Gasteiger partial charge is 0.390 e. The molecule has 2 N–H and O–H groups in total. The average molecular weight is 252 g/mol. The Morgan fingerprint density at radius 2 is 1.89 bits per heavy atom. The minimum Gasteiger partial charge on any atom is -0.390 e. The Hall–Kier alpha value is -1.80. The summed E-state index contributed by atoms with van der Waals surface area (Å²) in [6, 6.07) is 15.8. The Balaban J connectivity index is 2.38.